The molecule has 0 bridgehead atoms. The zero-order valence-electron chi connectivity index (χ0n) is 78.8. The molecule has 736 valence electrons. The number of para-hydroxylation sites is 4. The zero-order valence-corrected chi connectivity index (χ0v) is 78.8. The minimum Gasteiger partial charge on any atom is -0.508 e. The summed E-state index contributed by atoms with van der Waals surface area (Å²) >= 11 is 0. The third-order valence-corrected chi connectivity index (χ3v) is 22.0. The molecular weight excluding hydrogens is 1890 g/mol. The number of hydrogen-bond donors (Lipinski definition) is 6. The number of carboxylic acids is 2. The van der Waals surface area contributed by atoms with Crippen molar-refractivity contribution in [1.82, 2.24) is 0 Å². The molecular formula is C123H88O26. The monoisotopic (exact) mass is 1980 g/mol. The number of ether oxygens (including phenoxy) is 6. The molecule has 0 amide bonds. The van der Waals surface area contributed by atoms with Gasteiger partial charge in [-0.15, -0.1) is 0 Å². The molecule has 0 saturated carbocycles. The summed E-state index contributed by atoms with van der Waals surface area (Å²) in [5.41, 5.74) is -0.133. The van der Waals surface area contributed by atoms with E-state index in [1.54, 1.807) is 170 Å². The fraction of sp³-hybridized carbons (Fsp3) is 0.0244. The second-order valence-corrected chi connectivity index (χ2v) is 32.3. The lowest BCUT2D eigenvalue weighted by Crippen LogP contribution is -2.18. The molecule has 0 aliphatic carbocycles. The highest BCUT2D eigenvalue weighted by Gasteiger charge is 2.22. The van der Waals surface area contributed by atoms with E-state index in [0.717, 1.165) is 86.2 Å². The van der Waals surface area contributed by atoms with Gasteiger partial charge in [0.15, 0.2) is 12.6 Å². The van der Waals surface area contributed by atoms with E-state index in [0.29, 0.717) is 91.6 Å². The smallest absolute Gasteiger partial charge is 0.351 e. The molecule has 2 heterocycles. The van der Waals surface area contributed by atoms with Crippen LogP contribution in [0.5, 0.6) is 57.5 Å². The van der Waals surface area contributed by atoms with Gasteiger partial charge in [-0.05, 0) is 186 Å². The number of aliphatic carboxylic acids is 2. The summed E-state index contributed by atoms with van der Waals surface area (Å²) in [6.07, 6.45) is -0.489. The van der Waals surface area contributed by atoms with Gasteiger partial charge >= 0.3 is 59.0 Å². The molecule has 0 radical (unpaired) electrons. The first-order valence-corrected chi connectivity index (χ1v) is 45.8. The number of carbonyl (C=O) groups is 10. The Labute approximate surface area is 848 Å². The molecule has 6 N–H and O–H groups in total. The van der Waals surface area contributed by atoms with Gasteiger partial charge in [-0.1, -0.05) is 328 Å². The van der Waals surface area contributed by atoms with Crippen LogP contribution in [0.1, 0.15) is 60.7 Å². The fourth-order valence-corrected chi connectivity index (χ4v) is 14.8. The number of aldehydes is 2. The van der Waals surface area contributed by atoms with E-state index in [1.807, 2.05) is 255 Å². The maximum Gasteiger partial charge on any atom is 0.351 e. The van der Waals surface area contributed by atoms with Crippen molar-refractivity contribution < 1.29 is 116 Å². The van der Waals surface area contributed by atoms with Gasteiger partial charge in [0.1, 0.15) is 99.1 Å². The average Bonchev–Trinajstić information content (AvgIpc) is 1.04. The molecule has 0 aliphatic heterocycles. The van der Waals surface area contributed by atoms with Gasteiger partial charge in [-0.3, -0.25) is 38.4 Å². The normalized spacial score (nSPS) is 10.3. The van der Waals surface area contributed by atoms with Crippen LogP contribution in [0.3, 0.4) is 0 Å². The number of carbonyl (C=O) groups excluding carboxylic acids is 8. The minimum atomic E-state index is -1.31. The lowest BCUT2D eigenvalue weighted by atomic mass is 10.1. The second kappa shape index (κ2) is 51.6. The summed E-state index contributed by atoms with van der Waals surface area (Å²) in [7, 11) is 0. The number of aromatic hydroxyl groups is 4. The van der Waals surface area contributed by atoms with Crippen LogP contribution >= 0.6 is 0 Å². The van der Waals surface area contributed by atoms with Crippen molar-refractivity contribution in [2.24, 2.45) is 0 Å². The van der Waals surface area contributed by atoms with Crippen molar-refractivity contribution in [3.8, 4) is 57.5 Å². The molecule has 26 nitrogen and oxygen atoms in total. The number of esters is 6. The standard InChI is InChI=1S/2C23H16O4.2C20H12O4.2C10H8O.2C7H6O2.C3H4O4/c24-22(26-20-13-5-9-16-7-1-3-11-18(16)20)15-23(25)27-21-14-6-10-17-8-2-4-12-19(17)21;24-22(26-20-11-9-16-5-1-3-7-18(16)13-20)15-23(25)27-21-12-10-17-6-2-4-8-19(17)14-21;21-19-16(12-14-7-2-4-10-17(14)23-19)20(22)24-18-11-5-8-13-6-1-3-9-15(13)18;21-19(17-12-15-7-3-4-8-18(15)24-20(17)22)23-16-10-9-13-5-1-2-6-14(13)11-16;11-10-7-3-5-8-4-1-2-6-9(8)10;11-10-6-5-8-3-1-2-4-9(8)7-10;2*8-5-6-3-1-2-4-7(6)9;4-2(5)1-3(6)7/h2*1-14H,15H2;2*1-12H;2*1-7,11H;2*1-5,9H;1H2,(H,4,5)(H,6,7). The summed E-state index contributed by atoms with van der Waals surface area (Å²) in [6.45, 7) is 0. The molecule has 26 heteroatoms. The van der Waals surface area contributed by atoms with Crippen molar-refractivity contribution in [2.45, 2.75) is 19.3 Å². The van der Waals surface area contributed by atoms with Crippen molar-refractivity contribution in [3.63, 3.8) is 0 Å². The number of fused-ring (bicyclic) bond motifs is 10. The Hall–Kier alpha value is -20.8. The van der Waals surface area contributed by atoms with Crippen LogP contribution in [0.15, 0.2) is 467 Å². The highest BCUT2D eigenvalue weighted by Crippen LogP contribution is 2.33. The number of phenols is 4. The highest BCUT2D eigenvalue weighted by molar-refractivity contribution is 6.02. The summed E-state index contributed by atoms with van der Waals surface area (Å²) in [5, 5.41) is 68.5. The number of benzene rings is 20. The molecule has 22 aromatic rings. The molecule has 0 aliphatic rings. The molecule has 0 spiro atoms. The lowest BCUT2D eigenvalue weighted by molar-refractivity contribution is -0.148. The van der Waals surface area contributed by atoms with Gasteiger partial charge in [0, 0.05) is 32.3 Å². The van der Waals surface area contributed by atoms with E-state index < -0.39 is 78.3 Å². The maximum absolute atomic E-state index is 12.4. The topological polar surface area (TPSA) is 408 Å². The molecule has 0 atom stereocenters. The Morgan fingerprint density at radius 3 is 0.846 bits per heavy atom. The summed E-state index contributed by atoms with van der Waals surface area (Å²) in [6, 6.07) is 135. The quantitative estimate of drug-likeness (QED) is 0.0172. The first-order chi connectivity index (χ1) is 72.3. The Morgan fingerprint density at radius 2 is 0.497 bits per heavy atom. The Balaban J connectivity index is 0.000000137. The number of carboxylic acid groups (broad SMARTS) is 2. The van der Waals surface area contributed by atoms with Crippen LogP contribution in [0.4, 0.5) is 0 Å². The second-order valence-electron chi connectivity index (χ2n) is 32.3. The van der Waals surface area contributed by atoms with Crippen molar-refractivity contribution in [2.75, 3.05) is 0 Å². The van der Waals surface area contributed by atoms with E-state index in [2.05, 4.69) is 0 Å². The van der Waals surface area contributed by atoms with Gasteiger partial charge in [0.2, 0.25) is 0 Å². The zero-order chi connectivity index (χ0) is 105. The Morgan fingerprint density at radius 1 is 0.228 bits per heavy atom. The molecule has 2 aromatic heterocycles. The summed E-state index contributed by atoms with van der Waals surface area (Å²) < 4.78 is 42.4. The predicted molar refractivity (Wildman–Crippen MR) is 568 cm³/mol. The first-order valence-electron chi connectivity index (χ1n) is 45.8. The molecule has 0 saturated heterocycles. The molecule has 22 rings (SSSR count). The van der Waals surface area contributed by atoms with Crippen LogP contribution in [0.25, 0.3) is 108 Å². The van der Waals surface area contributed by atoms with Crippen LogP contribution in [-0.2, 0) is 28.8 Å². The van der Waals surface area contributed by atoms with E-state index in [1.165, 1.54) is 24.3 Å². The predicted octanol–water partition coefficient (Wildman–Crippen LogP) is 25.2. The van der Waals surface area contributed by atoms with Crippen LogP contribution in [0.2, 0.25) is 0 Å². The van der Waals surface area contributed by atoms with Gasteiger partial charge in [-0.25, -0.2) is 19.2 Å². The minimum absolute atomic E-state index is 0.0347. The van der Waals surface area contributed by atoms with Crippen molar-refractivity contribution in [3.05, 3.63) is 492 Å². The molecule has 149 heavy (non-hydrogen) atoms. The maximum atomic E-state index is 12.4. The van der Waals surface area contributed by atoms with E-state index in [-0.39, 0.29) is 22.6 Å². The third kappa shape index (κ3) is 29.7. The van der Waals surface area contributed by atoms with Gasteiger partial charge < -0.3 is 67.9 Å². The number of hydrogen-bond acceptors (Lipinski definition) is 24. The number of rotatable bonds is 16. The van der Waals surface area contributed by atoms with E-state index in [4.69, 9.17) is 62.8 Å². The first kappa shape index (κ1) is 104. The Bertz CT molecular complexity index is 8510. The largest absolute Gasteiger partial charge is 0.508 e. The van der Waals surface area contributed by atoms with Gasteiger partial charge in [0.25, 0.3) is 0 Å². The van der Waals surface area contributed by atoms with Crippen molar-refractivity contribution in [1.29, 1.82) is 0 Å². The molecule has 20 aromatic carbocycles. The fourth-order valence-electron chi connectivity index (χ4n) is 14.8. The number of phenolic OH excluding ortho intramolecular Hbond substituents is 4. The van der Waals surface area contributed by atoms with Crippen molar-refractivity contribution >= 4 is 168 Å². The van der Waals surface area contributed by atoms with Gasteiger partial charge in [-0.2, -0.15) is 0 Å². The van der Waals surface area contributed by atoms with Crippen LogP contribution in [-0.4, -0.2) is 91.0 Å². The highest BCUT2D eigenvalue weighted by atomic mass is 16.6. The SMILES string of the molecule is O=C(CC(=O)Oc1ccc2ccccc2c1)Oc1ccc2ccccc2c1.O=C(CC(=O)Oc1cccc2ccccc12)Oc1cccc2ccccc12.O=C(O)CC(=O)O.O=C(Oc1ccc2ccccc2c1)c1cc2ccccc2oc1=O.O=C(Oc1cccc2ccccc12)c1cc2ccccc2oc1=O.O=Cc1ccccc1O.O=Cc1ccccc1O.Oc1ccc2ccccc2c1.Oc1cccc2ccccc12. The Kier molecular flexibility index (Phi) is 36.0. The third-order valence-electron chi connectivity index (χ3n) is 22.0. The lowest BCUT2D eigenvalue weighted by Gasteiger charge is -2.09. The van der Waals surface area contributed by atoms with Gasteiger partial charge in [0.05, 0.1) is 11.1 Å². The molecule has 0 unspecified atom stereocenters. The summed E-state index contributed by atoms with van der Waals surface area (Å²) in [4.78, 5) is 136. The summed E-state index contributed by atoms with van der Waals surface area (Å²) in [5.74, 6) is -3.53. The average molecular weight is 1980 g/mol. The van der Waals surface area contributed by atoms with E-state index in [9.17, 15) is 62.6 Å². The van der Waals surface area contributed by atoms with E-state index >= 15 is 0 Å². The van der Waals surface area contributed by atoms with Crippen LogP contribution in [0, 0.1) is 0 Å². The molecule has 0 fully saturated rings. The van der Waals surface area contributed by atoms with Crippen LogP contribution < -0.4 is 39.7 Å².